The van der Waals surface area contributed by atoms with Gasteiger partial charge < -0.3 is 9.47 Å². The summed E-state index contributed by atoms with van der Waals surface area (Å²) in [6, 6.07) is 13.6. The second kappa shape index (κ2) is 8.93. The quantitative estimate of drug-likeness (QED) is 0.395. The lowest BCUT2D eigenvalue weighted by Gasteiger charge is -2.09. The van der Waals surface area contributed by atoms with E-state index in [9.17, 15) is 9.18 Å². The number of unbranched alkanes of at least 4 members (excludes halogenated alkanes) is 2. The normalized spacial score (nSPS) is 10.3. The Balaban J connectivity index is 1.94. The molecule has 3 nitrogen and oxygen atoms in total. The van der Waals surface area contributed by atoms with Crippen LogP contribution in [0.1, 0.15) is 38.2 Å². The minimum atomic E-state index is -0.494. The molecule has 0 heterocycles. The summed E-state index contributed by atoms with van der Waals surface area (Å²) in [6.07, 6.45) is 3.13. The van der Waals surface area contributed by atoms with E-state index in [1.165, 1.54) is 18.2 Å². The molecule has 0 radical (unpaired) electrons. The van der Waals surface area contributed by atoms with E-state index in [2.05, 4.69) is 6.92 Å². The Kier molecular flexibility index (Phi) is 6.60. The van der Waals surface area contributed by atoms with Crippen molar-refractivity contribution in [2.45, 2.75) is 39.2 Å². The van der Waals surface area contributed by atoms with Gasteiger partial charge in [-0.3, -0.25) is 4.79 Å². The molecule has 2 aromatic carbocycles. The van der Waals surface area contributed by atoms with Crippen molar-refractivity contribution in [2.24, 2.45) is 0 Å². The molecule has 0 unspecified atom stereocenters. The molecule has 2 rings (SSSR count). The van der Waals surface area contributed by atoms with E-state index in [0.717, 1.165) is 24.8 Å². The molecule has 0 amide bonds. The van der Waals surface area contributed by atoms with Gasteiger partial charge in [0.25, 0.3) is 0 Å². The highest BCUT2D eigenvalue weighted by Crippen LogP contribution is 2.23. The third-order valence-electron chi connectivity index (χ3n) is 3.31. The zero-order chi connectivity index (χ0) is 16.5. The molecular formula is C19H21FO3. The number of hydrogen-bond donors (Lipinski definition) is 0. The molecule has 0 fully saturated rings. The minimum absolute atomic E-state index is 0.176. The Morgan fingerprint density at radius 1 is 1.04 bits per heavy atom. The predicted molar refractivity (Wildman–Crippen MR) is 87.0 cm³/mol. The number of carbonyl (C=O) groups is 1. The van der Waals surface area contributed by atoms with Crippen molar-refractivity contribution in [2.75, 3.05) is 0 Å². The fourth-order valence-electron chi connectivity index (χ4n) is 2.12. The summed E-state index contributed by atoms with van der Waals surface area (Å²) in [4.78, 5) is 11.7. The third kappa shape index (κ3) is 6.10. The van der Waals surface area contributed by atoms with Gasteiger partial charge in [-0.05, 0) is 12.0 Å². The Labute approximate surface area is 136 Å². The van der Waals surface area contributed by atoms with Gasteiger partial charge in [0, 0.05) is 24.6 Å². The lowest BCUT2D eigenvalue weighted by Crippen LogP contribution is -2.08. The fourth-order valence-corrected chi connectivity index (χ4v) is 2.12. The van der Waals surface area contributed by atoms with Gasteiger partial charge in [-0.2, -0.15) is 0 Å². The van der Waals surface area contributed by atoms with Crippen LogP contribution in [0.5, 0.6) is 11.5 Å². The van der Waals surface area contributed by atoms with Gasteiger partial charge in [0.2, 0.25) is 0 Å². The number of ether oxygens (including phenoxy) is 2. The van der Waals surface area contributed by atoms with Crippen LogP contribution in [0.3, 0.4) is 0 Å². The largest absolute Gasteiger partial charge is 0.489 e. The molecule has 0 bridgehead atoms. The van der Waals surface area contributed by atoms with Crippen LogP contribution in [0, 0.1) is 5.82 Å². The van der Waals surface area contributed by atoms with Crippen LogP contribution in [0.15, 0.2) is 48.5 Å². The van der Waals surface area contributed by atoms with Gasteiger partial charge in [-0.25, -0.2) is 4.39 Å². The lowest BCUT2D eigenvalue weighted by molar-refractivity contribution is -0.134. The van der Waals surface area contributed by atoms with Crippen molar-refractivity contribution >= 4 is 5.97 Å². The monoisotopic (exact) mass is 316 g/mol. The molecule has 0 aromatic heterocycles. The maximum absolute atomic E-state index is 13.6. The van der Waals surface area contributed by atoms with Crippen molar-refractivity contribution in [3.8, 4) is 11.5 Å². The maximum Gasteiger partial charge on any atom is 0.311 e. The van der Waals surface area contributed by atoms with Crippen LogP contribution in [0.2, 0.25) is 0 Å². The third-order valence-corrected chi connectivity index (χ3v) is 3.31. The van der Waals surface area contributed by atoms with Crippen molar-refractivity contribution in [3.05, 3.63) is 59.9 Å². The van der Waals surface area contributed by atoms with Gasteiger partial charge in [-0.1, -0.05) is 50.1 Å². The van der Waals surface area contributed by atoms with Crippen LogP contribution in [-0.2, 0) is 11.4 Å². The Morgan fingerprint density at radius 3 is 2.52 bits per heavy atom. The molecule has 0 aliphatic carbocycles. The molecule has 0 N–H and O–H groups in total. The molecule has 0 atom stereocenters. The Hall–Kier alpha value is -2.36. The molecule has 23 heavy (non-hydrogen) atoms. The molecule has 2 aromatic rings. The van der Waals surface area contributed by atoms with Gasteiger partial charge in [0.1, 0.15) is 23.9 Å². The molecule has 0 saturated heterocycles. The first-order valence-corrected chi connectivity index (χ1v) is 7.85. The highest BCUT2D eigenvalue weighted by atomic mass is 19.1. The van der Waals surface area contributed by atoms with Crippen molar-refractivity contribution in [1.82, 2.24) is 0 Å². The Morgan fingerprint density at radius 2 is 1.78 bits per heavy atom. The van der Waals surface area contributed by atoms with Crippen LogP contribution < -0.4 is 9.47 Å². The average molecular weight is 316 g/mol. The topological polar surface area (TPSA) is 35.5 Å². The predicted octanol–water partition coefficient (Wildman–Crippen LogP) is 4.89. The van der Waals surface area contributed by atoms with Crippen molar-refractivity contribution in [3.63, 3.8) is 0 Å². The molecule has 0 aliphatic rings. The first kappa shape index (κ1) is 17.0. The van der Waals surface area contributed by atoms with Gasteiger partial charge >= 0.3 is 5.97 Å². The summed E-state index contributed by atoms with van der Waals surface area (Å²) >= 11 is 0. The van der Waals surface area contributed by atoms with E-state index in [4.69, 9.17) is 9.47 Å². The van der Waals surface area contributed by atoms with Crippen LogP contribution >= 0.6 is 0 Å². The standard InChI is InChI=1S/C19H21FO3/c1-2-3-5-10-19(21)23-18-12-16(20)11-17(13-18)22-14-15-8-6-4-7-9-15/h4,6-9,11-13H,2-3,5,10,14H2,1H3. The SMILES string of the molecule is CCCCCC(=O)Oc1cc(F)cc(OCc2ccccc2)c1. The van der Waals surface area contributed by atoms with Crippen LogP contribution in [0.25, 0.3) is 0 Å². The number of carbonyl (C=O) groups excluding carboxylic acids is 1. The summed E-state index contributed by atoms with van der Waals surface area (Å²) < 4.78 is 24.4. The van der Waals surface area contributed by atoms with E-state index < -0.39 is 5.82 Å². The molecule has 0 spiro atoms. The molecular weight excluding hydrogens is 295 g/mol. The van der Waals surface area contributed by atoms with E-state index in [0.29, 0.717) is 18.8 Å². The summed E-state index contributed by atoms with van der Waals surface area (Å²) in [7, 11) is 0. The second-order valence-corrected chi connectivity index (χ2v) is 5.33. The zero-order valence-corrected chi connectivity index (χ0v) is 13.3. The van der Waals surface area contributed by atoms with Gasteiger partial charge in [0.05, 0.1) is 0 Å². The highest BCUT2D eigenvalue weighted by molar-refractivity contribution is 5.72. The Bertz CT molecular complexity index is 626. The van der Waals surface area contributed by atoms with E-state index in [1.807, 2.05) is 30.3 Å². The maximum atomic E-state index is 13.6. The molecule has 0 saturated carbocycles. The van der Waals surface area contributed by atoms with E-state index in [1.54, 1.807) is 0 Å². The first-order chi connectivity index (χ1) is 11.2. The number of halogens is 1. The minimum Gasteiger partial charge on any atom is -0.489 e. The summed E-state index contributed by atoms with van der Waals surface area (Å²) in [5.41, 5.74) is 0.981. The number of rotatable bonds is 8. The highest BCUT2D eigenvalue weighted by Gasteiger charge is 2.08. The average Bonchev–Trinajstić information content (AvgIpc) is 2.54. The lowest BCUT2D eigenvalue weighted by atomic mass is 10.2. The molecule has 4 heteroatoms. The summed E-state index contributed by atoms with van der Waals surface area (Å²) in [6.45, 7) is 2.39. The van der Waals surface area contributed by atoms with Crippen molar-refractivity contribution < 1.29 is 18.7 Å². The van der Waals surface area contributed by atoms with Gasteiger partial charge in [0.15, 0.2) is 0 Å². The van der Waals surface area contributed by atoms with Crippen LogP contribution in [-0.4, -0.2) is 5.97 Å². The number of benzene rings is 2. The van der Waals surface area contributed by atoms with E-state index in [-0.39, 0.29) is 11.7 Å². The number of hydrogen-bond acceptors (Lipinski definition) is 3. The fraction of sp³-hybridized carbons (Fsp3) is 0.316. The summed E-state index contributed by atoms with van der Waals surface area (Å²) in [5, 5.41) is 0. The van der Waals surface area contributed by atoms with Gasteiger partial charge in [-0.15, -0.1) is 0 Å². The zero-order valence-electron chi connectivity index (χ0n) is 13.3. The molecule has 0 aliphatic heterocycles. The first-order valence-electron chi connectivity index (χ1n) is 7.85. The van der Waals surface area contributed by atoms with Crippen LogP contribution in [0.4, 0.5) is 4.39 Å². The second-order valence-electron chi connectivity index (χ2n) is 5.33. The molecule has 122 valence electrons. The van der Waals surface area contributed by atoms with E-state index >= 15 is 0 Å². The smallest absolute Gasteiger partial charge is 0.311 e. The van der Waals surface area contributed by atoms with Crippen molar-refractivity contribution in [1.29, 1.82) is 0 Å². The summed E-state index contributed by atoms with van der Waals surface area (Å²) in [5.74, 6) is -0.329. The number of esters is 1.